The summed E-state index contributed by atoms with van der Waals surface area (Å²) in [5, 5.41) is 6.85. The average molecular weight is 644 g/mol. The van der Waals surface area contributed by atoms with Crippen LogP contribution in [0.15, 0.2) is 152 Å². The van der Waals surface area contributed by atoms with E-state index in [-0.39, 0.29) is 0 Å². The highest BCUT2D eigenvalue weighted by atomic mass is 32.1. The molecule has 6 aromatic carbocycles. The van der Waals surface area contributed by atoms with Crippen LogP contribution < -0.4 is 0 Å². The Bertz CT molecular complexity index is 3100. The number of para-hydroxylation sites is 3. The first-order chi connectivity index (χ1) is 24.3. The van der Waals surface area contributed by atoms with Crippen molar-refractivity contribution in [3.8, 4) is 22.9 Å². The van der Waals surface area contributed by atoms with Crippen molar-refractivity contribution >= 4 is 86.2 Å². The van der Waals surface area contributed by atoms with Gasteiger partial charge in [0.25, 0.3) is 0 Å². The van der Waals surface area contributed by atoms with E-state index in [1.165, 1.54) is 15.5 Å². The van der Waals surface area contributed by atoms with Crippen molar-refractivity contribution in [3.63, 3.8) is 0 Å². The Kier molecular flexibility index (Phi) is 5.48. The maximum atomic E-state index is 5.41. The van der Waals surface area contributed by atoms with Crippen molar-refractivity contribution in [1.29, 1.82) is 0 Å². The van der Waals surface area contributed by atoms with E-state index in [1.54, 1.807) is 11.3 Å². The van der Waals surface area contributed by atoms with Crippen LogP contribution in [0.1, 0.15) is 0 Å². The Morgan fingerprint density at radius 2 is 1.08 bits per heavy atom. The van der Waals surface area contributed by atoms with Crippen LogP contribution in [-0.2, 0) is 0 Å². The number of benzene rings is 6. The standard InChI is InChI=1S/C43H25N5S/c1-3-13-26(14-4-1)42-45-38-31-19-9-12-22-36(31)49-41(38)43(46-42)48-35-21-11-8-18-29(35)33-25-44-37-32(39(33)48)24-23-30-28-17-7-10-20-34(28)47(40(30)37)27-15-5-2-6-16-27/h1-25H. The number of rotatable bonds is 3. The third kappa shape index (κ3) is 3.72. The number of thiophene rings is 1. The third-order valence-electron chi connectivity index (χ3n) is 9.76. The highest BCUT2D eigenvalue weighted by Crippen LogP contribution is 2.43. The molecule has 6 heteroatoms. The first-order valence-electron chi connectivity index (χ1n) is 16.4. The lowest BCUT2D eigenvalue weighted by atomic mass is 10.1. The quantitative estimate of drug-likeness (QED) is 0.192. The molecule has 5 nitrogen and oxygen atoms in total. The van der Waals surface area contributed by atoms with Crippen molar-refractivity contribution in [3.05, 3.63) is 152 Å². The van der Waals surface area contributed by atoms with E-state index in [2.05, 4.69) is 143 Å². The second-order valence-corrected chi connectivity index (χ2v) is 13.5. The molecule has 0 N–H and O–H groups in total. The van der Waals surface area contributed by atoms with Crippen LogP contribution in [0.2, 0.25) is 0 Å². The summed E-state index contributed by atoms with van der Waals surface area (Å²) in [6.45, 7) is 0. The van der Waals surface area contributed by atoms with E-state index in [9.17, 15) is 0 Å². The molecule has 5 aromatic heterocycles. The molecule has 0 radical (unpaired) electrons. The summed E-state index contributed by atoms with van der Waals surface area (Å²) in [7, 11) is 0. The second-order valence-electron chi connectivity index (χ2n) is 12.4. The lowest BCUT2D eigenvalue weighted by Crippen LogP contribution is -2.02. The third-order valence-corrected chi connectivity index (χ3v) is 10.9. The van der Waals surface area contributed by atoms with Crippen molar-refractivity contribution in [2.24, 2.45) is 0 Å². The maximum Gasteiger partial charge on any atom is 0.162 e. The van der Waals surface area contributed by atoms with Crippen LogP contribution in [0.4, 0.5) is 0 Å². The van der Waals surface area contributed by atoms with Gasteiger partial charge in [0.05, 0.1) is 37.8 Å². The fourth-order valence-electron chi connectivity index (χ4n) is 7.66. The molecule has 0 atom stereocenters. The van der Waals surface area contributed by atoms with Gasteiger partial charge >= 0.3 is 0 Å². The largest absolute Gasteiger partial charge is 0.307 e. The van der Waals surface area contributed by atoms with Crippen molar-refractivity contribution < 1.29 is 0 Å². The normalized spacial score (nSPS) is 12.1. The molecule has 11 rings (SSSR count). The molecule has 0 spiro atoms. The van der Waals surface area contributed by atoms with Crippen molar-refractivity contribution in [1.82, 2.24) is 24.1 Å². The number of fused-ring (bicyclic) bond motifs is 12. The van der Waals surface area contributed by atoms with Crippen LogP contribution in [0, 0.1) is 0 Å². The average Bonchev–Trinajstić information content (AvgIpc) is 3.83. The minimum Gasteiger partial charge on any atom is -0.307 e. The van der Waals surface area contributed by atoms with Gasteiger partial charge in [0, 0.05) is 54.5 Å². The van der Waals surface area contributed by atoms with Gasteiger partial charge in [-0.15, -0.1) is 11.3 Å². The highest BCUT2D eigenvalue weighted by molar-refractivity contribution is 7.26. The molecule has 49 heavy (non-hydrogen) atoms. The molecule has 0 aliphatic heterocycles. The topological polar surface area (TPSA) is 48.5 Å². The molecule has 5 heterocycles. The maximum absolute atomic E-state index is 5.41. The first kappa shape index (κ1) is 26.7. The number of aromatic nitrogens is 5. The first-order valence-corrected chi connectivity index (χ1v) is 17.2. The smallest absolute Gasteiger partial charge is 0.162 e. The zero-order valence-corrected chi connectivity index (χ0v) is 26.9. The molecular formula is C43H25N5S. The summed E-state index contributed by atoms with van der Waals surface area (Å²) in [6, 6.07) is 51.2. The fourth-order valence-corrected chi connectivity index (χ4v) is 8.78. The van der Waals surface area contributed by atoms with Gasteiger partial charge in [-0.2, -0.15) is 0 Å². The Morgan fingerprint density at radius 1 is 0.449 bits per heavy atom. The summed E-state index contributed by atoms with van der Waals surface area (Å²) >= 11 is 1.75. The van der Waals surface area contributed by atoms with Crippen LogP contribution in [0.25, 0.3) is 97.7 Å². The Labute approximate surface area is 284 Å². The predicted octanol–water partition coefficient (Wildman–Crippen LogP) is 11.3. The van der Waals surface area contributed by atoms with Gasteiger partial charge in [-0.3, -0.25) is 9.55 Å². The number of hydrogen-bond acceptors (Lipinski definition) is 4. The van der Waals surface area contributed by atoms with Crippen LogP contribution in [0.3, 0.4) is 0 Å². The van der Waals surface area contributed by atoms with E-state index in [4.69, 9.17) is 15.0 Å². The molecule has 0 bridgehead atoms. The number of pyridine rings is 1. The van der Waals surface area contributed by atoms with E-state index in [0.717, 1.165) is 76.4 Å². The predicted molar refractivity (Wildman–Crippen MR) is 204 cm³/mol. The van der Waals surface area contributed by atoms with Crippen molar-refractivity contribution in [2.75, 3.05) is 0 Å². The minimum atomic E-state index is 0.711. The molecule has 0 aliphatic rings. The number of hydrogen-bond donors (Lipinski definition) is 0. The zero-order chi connectivity index (χ0) is 32.1. The molecule has 0 unspecified atom stereocenters. The molecule has 0 fully saturated rings. The molecule has 11 aromatic rings. The molecular weight excluding hydrogens is 619 g/mol. The Hall–Kier alpha value is -6.37. The van der Waals surface area contributed by atoms with Gasteiger partial charge in [-0.05, 0) is 36.4 Å². The van der Waals surface area contributed by atoms with Gasteiger partial charge in [-0.25, -0.2) is 9.97 Å². The minimum absolute atomic E-state index is 0.711. The lowest BCUT2D eigenvalue weighted by molar-refractivity contribution is 1.08. The van der Waals surface area contributed by atoms with Gasteiger partial charge in [0.15, 0.2) is 11.6 Å². The zero-order valence-electron chi connectivity index (χ0n) is 26.1. The lowest BCUT2D eigenvalue weighted by Gasteiger charge is -2.13. The van der Waals surface area contributed by atoms with E-state index < -0.39 is 0 Å². The Morgan fingerprint density at radius 3 is 1.88 bits per heavy atom. The second kappa shape index (κ2) is 10.1. The molecule has 228 valence electrons. The van der Waals surface area contributed by atoms with Crippen LogP contribution >= 0.6 is 11.3 Å². The summed E-state index contributed by atoms with van der Waals surface area (Å²) in [5.74, 6) is 1.59. The van der Waals surface area contributed by atoms with Crippen molar-refractivity contribution in [2.45, 2.75) is 0 Å². The van der Waals surface area contributed by atoms with Crippen LogP contribution in [0.5, 0.6) is 0 Å². The molecule has 0 aliphatic carbocycles. The van der Waals surface area contributed by atoms with Gasteiger partial charge in [0.2, 0.25) is 0 Å². The summed E-state index contributed by atoms with van der Waals surface area (Å²) in [4.78, 5) is 15.9. The van der Waals surface area contributed by atoms with E-state index >= 15 is 0 Å². The SMILES string of the molecule is c1ccc(-c2nc(-n3c4ccccc4c4cnc5c(ccc6c7ccccc7n(-c7ccccc7)c65)c43)c3sc4ccccc4c3n2)cc1. The summed E-state index contributed by atoms with van der Waals surface area (Å²) in [6.07, 6.45) is 2.06. The van der Waals surface area contributed by atoms with E-state index in [1.807, 2.05) is 18.2 Å². The number of nitrogens with zero attached hydrogens (tertiary/aromatic N) is 5. The van der Waals surface area contributed by atoms with Gasteiger partial charge in [0.1, 0.15) is 0 Å². The molecule has 0 amide bonds. The summed E-state index contributed by atoms with van der Waals surface area (Å²) < 4.78 is 6.98. The van der Waals surface area contributed by atoms with Crippen LogP contribution in [-0.4, -0.2) is 24.1 Å². The van der Waals surface area contributed by atoms with E-state index in [0.29, 0.717) is 5.82 Å². The molecule has 0 saturated heterocycles. The van der Waals surface area contributed by atoms with Gasteiger partial charge in [-0.1, -0.05) is 109 Å². The summed E-state index contributed by atoms with van der Waals surface area (Å²) in [5.41, 5.74) is 8.47. The molecule has 0 saturated carbocycles. The van der Waals surface area contributed by atoms with Gasteiger partial charge < -0.3 is 4.57 Å². The fraction of sp³-hybridized carbons (Fsp3) is 0. The monoisotopic (exact) mass is 643 g/mol. The highest BCUT2D eigenvalue weighted by Gasteiger charge is 2.24. The Balaban J connectivity index is 1.34.